The summed E-state index contributed by atoms with van der Waals surface area (Å²) < 4.78 is 16.1. The van der Waals surface area contributed by atoms with Crippen LogP contribution in [0.2, 0.25) is 0 Å². The summed E-state index contributed by atoms with van der Waals surface area (Å²) in [6.07, 6.45) is 1.96. The van der Waals surface area contributed by atoms with Gasteiger partial charge in [0.15, 0.2) is 0 Å². The third-order valence-corrected chi connectivity index (χ3v) is 4.08. The fraction of sp³-hybridized carbons (Fsp3) is 0.333. The van der Waals surface area contributed by atoms with Gasteiger partial charge in [-0.3, -0.25) is 0 Å². The average molecular weight is 370 g/mol. The number of nitrogens with one attached hydrogen (secondary N) is 1. The van der Waals surface area contributed by atoms with Crippen molar-refractivity contribution >= 4 is 12.3 Å². The Morgan fingerprint density at radius 1 is 1.15 bits per heavy atom. The lowest BCUT2D eigenvalue weighted by Crippen LogP contribution is -2.16. The number of benzene rings is 2. The van der Waals surface area contributed by atoms with Crippen LogP contribution in [0.15, 0.2) is 53.6 Å². The number of amides is 1. The molecule has 0 aliphatic carbocycles. The van der Waals surface area contributed by atoms with Crippen molar-refractivity contribution in [2.24, 2.45) is 5.10 Å². The molecule has 0 saturated heterocycles. The van der Waals surface area contributed by atoms with Crippen LogP contribution in [0, 0.1) is 0 Å². The average Bonchev–Trinajstić information content (AvgIpc) is 2.71. The van der Waals surface area contributed by atoms with Gasteiger partial charge < -0.3 is 14.2 Å². The quantitative estimate of drug-likeness (QED) is 0.405. The molecule has 1 amide bonds. The molecule has 27 heavy (non-hydrogen) atoms. The second kappa shape index (κ2) is 10.9. The van der Waals surface area contributed by atoms with E-state index in [4.69, 9.17) is 9.47 Å². The molecule has 2 aromatic carbocycles. The molecular formula is C21H26N2O4. The molecule has 2 aromatic rings. The van der Waals surface area contributed by atoms with Gasteiger partial charge in [0.2, 0.25) is 0 Å². The Kier molecular flexibility index (Phi) is 8.16. The van der Waals surface area contributed by atoms with Gasteiger partial charge in [0, 0.05) is 0 Å². The SMILES string of the molecule is CC[C@H](C)c1ccccc1OCCOc1cccc(/C=N\NC(=O)OC)c1. The standard InChI is InChI=1S/C21H26N2O4/c1-4-16(2)19-10-5-6-11-20(19)27-13-12-26-18-9-7-8-17(14-18)15-22-23-21(24)25-3/h5-11,14-16H,4,12-13H2,1-3H3,(H,23,24)/b22-15-/t16-/m0/s1. The molecule has 0 radical (unpaired) electrons. The molecule has 0 fully saturated rings. The van der Waals surface area contributed by atoms with E-state index in [0.717, 1.165) is 17.7 Å². The van der Waals surface area contributed by atoms with Crippen molar-refractivity contribution in [1.82, 2.24) is 5.43 Å². The Labute approximate surface area is 160 Å². The van der Waals surface area contributed by atoms with Crippen molar-refractivity contribution in [3.8, 4) is 11.5 Å². The van der Waals surface area contributed by atoms with Crippen molar-refractivity contribution in [3.63, 3.8) is 0 Å². The van der Waals surface area contributed by atoms with Crippen molar-refractivity contribution < 1.29 is 19.0 Å². The lowest BCUT2D eigenvalue weighted by molar-refractivity contribution is 0.171. The summed E-state index contributed by atoms with van der Waals surface area (Å²) in [5.41, 5.74) is 4.25. The van der Waals surface area contributed by atoms with Gasteiger partial charge in [-0.05, 0) is 41.7 Å². The maximum Gasteiger partial charge on any atom is 0.427 e. The second-order valence-corrected chi connectivity index (χ2v) is 5.98. The molecule has 0 spiro atoms. The first-order valence-corrected chi connectivity index (χ1v) is 8.95. The smallest absolute Gasteiger partial charge is 0.427 e. The van der Waals surface area contributed by atoms with Crippen LogP contribution in [-0.2, 0) is 4.74 Å². The zero-order valence-corrected chi connectivity index (χ0v) is 16.0. The first-order chi connectivity index (χ1) is 13.1. The third kappa shape index (κ3) is 6.66. The first-order valence-electron chi connectivity index (χ1n) is 8.95. The van der Waals surface area contributed by atoms with Gasteiger partial charge in [0.25, 0.3) is 0 Å². The summed E-state index contributed by atoms with van der Waals surface area (Å²) in [6.45, 7) is 5.24. The highest BCUT2D eigenvalue weighted by Gasteiger charge is 2.09. The lowest BCUT2D eigenvalue weighted by atomic mass is 9.98. The van der Waals surface area contributed by atoms with E-state index in [1.807, 2.05) is 42.5 Å². The van der Waals surface area contributed by atoms with Gasteiger partial charge in [0.05, 0.1) is 13.3 Å². The van der Waals surface area contributed by atoms with Gasteiger partial charge in [-0.25, -0.2) is 10.2 Å². The summed E-state index contributed by atoms with van der Waals surface area (Å²) in [6, 6.07) is 15.5. The number of nitrogens with zero attached hydrogens (tertiary/aromatic N) is 1. The summed E-state index contributed by atoms with van der Waals surface area (Å²) in [4.78, 5) is 11.0. The molecule has 0 bridgehead atoms. The highest BCUT2D eigenvalue weighted by molar-refractivity contribution is 5.81. The summed E-state index contributed by atoms with van der Waals surface area (Å²) in [5.74, 6) is 2.07. The van der Waals surface area contributed by atoms with Crippen LogP contribution in [0.5, 0.6) is 11.5 Å². The monoisotopic (exact) mass is 370 g/mol. The number of hydrogen-bond donors (Lipinski definition) is 1. The van der Waals surface area contributed by atoms with Crippen LogP contribution < -0.4 is 14.9 Å². The molecule has 144 valence electrons. The van der Waals surface area contributed by atoms with Crippen molar-refractivity contribution in [2.45, 2.75) is 26.2 Å². The van der Waals surface area contributed by atoms with E-state index in [0.29, 0.717) is 24.9 Å². The van der Waals surface area contributed by atoms with Gasteiger partial charge in [0.1, 0.15) is 24.7 Å². The molecule has 0 saturated carbocycles. The molecule has 0 aromatic heterocycles. The molecular weight excluding hydrogens is 344 g/mol. The maximum atomic E-state index is 11.0. The van der Waals surface area contributed by atoms with E-state index >= 15 is 0 Å². The van der Waals surface area contributed by atoms with E-state index in [2.05, 4.69) is 35.2 Å². The fourth-order valence-electron chi connectivity index (χ4n) is 2.44. The van der Waals surface area contributed by atoms with E-state index in [-0.39, 0.29) is 0 Å². The molecule has 0 aliphatic rings. The Bertz CT molecular complexity index is 761. The van der Waals surface area contributed by atoms with E-state index in [1.54, 1.807) is 0 Å². The highest BCUT2D eigenvalue weighted by Crippen LogP contribution is 2.28. The number of carbonyl (C=O) groups excluding carboxylic acids is 1. The van der Waals surface area contributed by atoms with E-state index in [1.165, 1.54) is 18.9 Å². The molecule has 0 unspecified atom stereocenters. The topological polar surface area (TPSA) is 69.2 Å². The van der Waals surface area contributed by atoms with Crippen LogP contribution in [0.25, 0.3) is 0 Å². The maximum absolute atomic E-state index is 11.0. The van der Waals surface area contributed by atoms with Gasteiger partial charge >= 0.3 is 6.09 Å². The van der Waals surface area contributed by atoms with E-state index in [9.17, 15) is 4.79 Å². The minimum atomic E-state index is -0.617. The predicted octanol–water partition coefficient (Wildman–Crippen LogP) is 4.35. The Hall–Kier alpha value is -3.02. The number of hydrazone groups is 1. The Morgan fingerprint density at radius 3 is 2.70 bits per heavy atom. The van der Waals surface area contributed by atoms with Crippen molar-refractivity contribution in [1.29, 1.82) is 0 Å². The largest absolute Gasteiger partial charge is 0.490 e. The highest BCUT2D eigenvalue weighted by atomic mass is 16.5. The molecule has 1 atom stereocenters. The minimum Gasteiger partial charge on any atom is -0.490 e. The number of rotatable bonds is 9. The summed E-state index contributed by atoms with van der Waals surface area (Å²) in [5, 5.41) is 3.79. The van der Waals surface area contributed by atoms with Crippen LogP contribution in [-0.4, -0.2) is 32.6 Å². The summed E-state index contributed by atoms with van der Waals surface area (Å²) >= 11 is 0. The molecule has 0 aliphatic heterocycles. The predicted molar refractivity (Wildman–Crippen MR) is 106 cm³/mol. The van der Waals surface area contributed by atoms with Crippen molar-refractivity contribution in [2.75, 3.05) is 20.3 Å². The van der Waals surface area contributed by atoms with E-state index < -0.39 is 6.09 Å². The Balaban J connectivity index is 1.84. The zero-order valence-electron chi connectivity index (χ0n) is 16.0. The van der Waals surface area contributed by atoms with Crippen LogP contribution in [0.4, 0.5) is 4.79 Å². The van der Waals surface area contributed by atoms with Crippen LogP contribution >= 0.6 is 0 Å². The molecule has 6 nitrogen and oxygen atoms in total. The van der Waals surface area contributed by atoms with Crippen LogP contribution in [0.3, 0.4) is 0 Å². The number of ether oxygens (including phenoxy) is 3. The normalized spacial score (nSPS) is 11.8. The third-order valence-electron chi connectivity index (χ3n) is 4.08. The lowest BCUT2D eigenvalue weighted by Gasteiger charge is -2.16. The minimum absolute atomic E-state index is 0.426. The number of methoxy groups -OCH3 is 1. The van der Waals surface area contributed by atoms with Gasteiger partial charge in [-0.2, -0.15) is 5.10 Å². The number of para-hydroxylation sites is 1. The summed E-state index contributed by atoms with van der Waals surface area (Å²) in [7, 11) is 1.28. The molecule has 6 heteroatoms. The fourth-order valence-corrected chi connectivity index (χ4v) is 2.44. The molecule has 1 N–H and O–H groups in total. The molecule has 0 heterocycles. The first kappa shape index (κ1) is 20.3. The Morgan fingerprint density at radius 2 is 1.93 bits per heavy atom. The van der Waals surface area contributed by atoms with Crippen LogP contribution in [0.1, 0.15) is 37.3 Å². The number of hydrogen-bond acceptors (Lipinski definition) is 5. The molecule has 2 rings (SSSR count). The van der Waals surface area contributed by atoms with Gasteiger partial charge in [-0.15, -0.1) is 0 Å². The van der Waals surface area contributed by atoms with Gasteiger partial charge in [-0.1, -0.05) is 44.2 Å². The number of carbonyl (C=O) groups is 1. The second-order valence-electron chi connectivity index (χ2n) is 5.98. The zero-order chi connectivity index (χ0) is 19.5. The van der Waals surface area contributed by atoms with Crippen molar-refractivity contribution in [3.05, 3.63) is 59.7 Å².